The standard InChI is InChI=1S/C7H6ClOSi/c8-7-3-1-6(2-4-7)5-9-10/h1-4H,5H2. The fourth-order valence-electron chi connectivity index (χ4n) is 0.664. The van der Waals surface area contributed by atoms with E-state index in [0.29, 0.717) is 6.61 Å². The van der Waals surface area contributed by atoms with E-state index >= 15 is 0 Å². The van der Waals surface area contributed by atoms with E-state index in [1.54, 1.807) is 0 Å². The monoisotopic (exact) mass is 169 g/mol. The van der Waals surface area contributed by atoms with Crippen LogP contribution >= 0.6 is 11.6 Å². The maximum atomic E-state index is 5.66. The average Bonchev–Trinajstić information content (AvgIpc) is 1.95. The Morgan fingerprint density at radius 3 is 2.40 bits per heavy atom. The first-order chi connectivity index (χ1) is 4.83. The SMILES string of the molecule is [Si]OCc1ccc(Cl)cc1. The first kappa shape index (κ1) is 7.79. The van der Waals surface area contributed by atoms with Crippen LogP contribution in [0.1, 0.15) is 5.56 Å². The molecule has 0 fully saturated rings. The second kappa shape index (κ2) is 3.76. The van der Waals surface area contributed by atoms with Gasteiger partial charge >= 0.3 is 0 Å². The Labute approximate surface area is 68.5 Å². The van der Waals surface area contributed by atoms with E-state index in [1.807, 2.05) is 24.3 Å². The van der Waals surface area contributed by atoms with E-state index in [-0.39, 0.29) is 0 Å². The Bertz CT molecular complexity index is 197. The van der Waals surface area contributed by atoms with Gasteiger partial charge in [0.2, 0.25) is 10.5 Å². The summed E-state index contributed by atoms with van der Waals surface area (Å²) in [7, 11) is 2.92. The molecule has 0 spiro atoms. The minimum absolute atomic E-state index is 0.564. The summed E-state index contributed by atoms with van der Waals surface area (Å²) in [6, 6.07) is 7.51. The highest BCUT2D eigenvalue weighted by molar-refractivity contribution is 6.30. The Morgan fingerprint density at radius 1 is 1.30 bits per heavy atom. The smallest absolute Gasteiger partial charge is 0.246 e. The van der Waals surface area contributed by atoms with Crippen molar-refractivity contribution in [3.63, 3.8) is 0 Å². The molecule has 0 aliphatic carbocycles. The zero-order chi connectivity index (χ0) is 7.40. The second-order valence-corrected chi connectivity index (χ2v) is 2.64. The van der Waals surface area contributed by atoms with Crippen LogP contribution in [0.5, 0.6) is 0 Å². The fraction of sp³-hybridized carbons (Fsp3) is 0.143. The van der Waals surface area contributed by atoms with Gasteiger partial charge in [0, 0.05) is 5.02 Å². The minimum Gasteiger partial charge on any atom is -0.414 e. The molecule has 51 valence electrons. The second-order valence-electron chi connectivity index (χ2n) is 1.92. The molecular weight excluding hydrogens is 164 g/mol. The maximum Gasteiger partial charge on any atom is 0.246 e. The van der Waals surface area contributed by atoms with Gasteiger partial charge in [0.25, 0.3) is 0 Å². The van der Waals surface area contributed by atoms with Gasteiger partial charge < -0.3 is 4.43 Å². The number of benzene rings is 1. The Kier molecular flexibility index (Phi) is 2.93. The van der Waals surface area contributed by atoms with Crippen LogP contribution in [0.25, 0.3) is 0 Å². The topological polar surface area (TPSA) is 9.23 Å². The molecule has 0 aromatic heterocycles. The lowest BCUT2D eigenvalue weighted by Crippen LogP contribution is -1.86. The molecule has 0 N–H and O–H groups in total. The summed E-state index contributed by atoms with van der Waals surface area (Å²) in [4.78, 5) is 0. The molecule has 0 atom stereocenters. The summed E-state index contributed by atoms with van der Waals surface area (Å²) in [6.07, 6.45) is 0. The quantitative estimate of drug-likeness (QED) is 0.615. The predicted molar refractivity (Wildman–Crippen MR) is 42.0 cm³/mol. The third kappa shape index (κ3) is 2.14. The molecule has 0 amide bonds. The van der Waals surface area contributed by atoms with Crippen molar-refractivity contribution in [1.29, 1.82) is 0 Å². The molecule has 0 saturated heterocycles. The highest BCUT2D eigenvalue weighted by Gasteiger charge is 1.89. The summed E-state index contributed by atoms with van der Waals surface area (Å²) in [5.74, 6) is 0. The minimum atomic E-state index is 0.564. The van der Waals surface area contributed by atoms with Crippen LogP contribution in [-0.4, -0.2) is 10.5 Å². The van der Waals surface area contributed by atoms with Crippen molar-refractivity contribution in [2.75, 3.05) is 0 Å². The normalized spacial score (nSPS) is 9.80. The third-order valence-electron chi connectivity index (χ3n) is 1.15. The number of halogens is 1. The van der Waals surface area contributed by atoms with Crippen molar-refractivity contribution < 1.29 is 4.43 Å². The van der Waals surface area contributed by atoms with E-state index in [4.69, 9.17) is 16.0 Å². The molecule has 3 heteroatoms. The maximum absolute atomic E-state index is 5.66. The van der Waals surface area contributed by atoms with Gasteiger partial charge in [0.05, 0.1) is 6.61 Å². The average molecular weight is 170 g/mol. The van der Waals surface area contributed by atoms with Crippen molar-refractivity contribution in [3.05, 3.63) is 34.9 Å². The van der Waals surface area contributed by atoms with E-state index < -0.39 is 0 Å². The first-order valence-electron chi connectivity index (χ1n) is 2.86. The summed E-state index contributed by atoms with van der Waals surface area (Å²) in [5, 5.41) is 0.748. The first-order valence-corrected chi connectivity index (χ1v) is 3.64. The summed E-state index contributed by atoms with van der Waals surface area (Å²) < 4.78 is 4.73. The number of rotatable bonds is 2. The summed E-state index contributed by atoms with van der Waals surface area (Å²) in [6.45, 7) is 0.564. The van der Waals surface area contributed by atoms with E-state index in [2.05, 4.69) is 10.5 Å². The molecule has 0 heterocycles. The molecule has 3 radical (unpaired) electrons. The van der Waals surface area contributed by atoms with Crippen molar-refractivity contribution in [1.82, 2.24) is 0 Å². The van der Waals surface area contributed by atoms with Gasteiger partial charge in [0.1, 0.15) is 0 Å². The van der Waals surface area contributed by atoms with Gasteiger partial charge in [-0.15, -0.1) is 0 Å². The van der Waals surface area contributed by atoms with Crippen LogP contribution in [0, 0.1) is 0 Å². The summed E-state index contributed by atoms with van der Waals surface area (Å²) in [5.41, 5.74) is 1.10. The largest absolute Gasteiger partial charge is 0.414 e. The molecule has 0 aliphatic heterocycles. The van der Waals surface area contributed by atoms with Crippen LogP contribution in [0.15, 0.2) is 24.3 Å². The van der Waals surface area contributed by atoms with E-state index in [1.165, 1.54) is 0 Å². The van der Waals surface area contributed by atoms with E-state index in [0.717, 1.165) is 10.6 Å². The van der Waals surface area contributed by atoms with Crippen LogP contribution in [0.3, 0.4) is 0 Å². The molecule has 0 unspecified atom stereocenters. The molecule has 1 aromatic rings. The van der Waals surface area contributed by atoms with Gasteiger partial charge in [-0.25, -0.2) is 0 Å². The zero-order valence-corrected chi connectivity index (χ0v) is 7.06. The van der Waals surface area contributed by atoms with Crippen LogP contribution in [0.2, 0.25) is 5.02 Å². The van der Waals surface area contributed by atoms with Crippen LogP contribution in [0.4, 0.5) is 0 Å². The molecular formula is C7H6ClOSi. The molecule has 1 rings (SSSR count). The van der Waals surface area contributed by atoms with Gasteiger partial charge in [-0.3, -0.25) is 0 Å². The zero-order valence-electron chi connectivity index (χ0n) is 5.30. The van der Waals surface area contributed by atoms with Crippen LogP contribution in [-0.2, 0) is 11.0 Å². The summed E-state index contributed by atoms with van der Waals surface area (Å²) >= 11 is 5.66. The van der Waals surface area contributed by atoms with Crippen molar-refractivity contribution >= 4 is 22.1 Å². The van der Waals surface area contributed by atoms with Gasteiger partial charge in [-0.1, -0.05) is 23.7 Å². The molecule has 1 aromatic carbocycles. The lowest BCUT2D eigenvalue weighted by Gasteiger charge is -1.97. The number of hydrogen-bond acceptors (Lipinski definition) is 1. The Hall–Kier alpha value is -0.313. The highest BCUT2D eigenvalue weighted by Crippen LogP contribution is 2.09. The van der Waals surface area contributed by atoms with E-state index in [9.17, 15) is 0 Å². The van der Waals surface area contributed by atoms with Crippen molar-refractivity contribution in [3.8, 4) is 0 Å². The van der Waals surface area contributed by atoms with Gasteiger partial charge in [0.15, 0.2) is 0 Å². The lowest BCUT2D eigenvalue weighted by molar-refractivity contribution is 0.338. The van der Waals surface area contributed by atoms with Crippen LogP contribution < -0.4 is 0 Å². The molecule has 1 nitrogen and oxygen atoms in total. The molecule has 0 aliphatic rings. The molecule has 0 saturated carbocycles. The Balaban J connectivity index is 2.69. The lowest BCUT2D eigenvalue weighted by atomic mass is 10.2. The Morgan fingerprint density at radius 2 is 1.90 bits per heavy atom. The van der Waals surface area contributed by atoms with Crippen molar-refractivity contribution in [2.24, 2.45) is 0 Å². The third-order valence-corrected chi connectivity index (χ3v) is 1.55. The molecule has 0 bridgehead atoms. The van der Waals surface area contributed by atoms with Crippen molar-refractivity contribution in [2.45, 2.75) is 6.61 Å². The number of hydrogen-bond donors (Lipinski definition) is 0. The highest BCUT2D eigenvalue weighted by atomic mass is 35.5. The fourth-order valence-corrected chi connectivity index (χ4v) is 0.957. The predicted octanol–water partition coefficient (Wildman–Crippen LogP) is 1.94. The van der Waals surface area contributed by atoms with Gasteiger partial charge in [-0.05, 0) is 17.7 Å². The molecule has 10 heavy (non-hydrogen) atoms. The van der Waals surface area contributed by atoms with Gasteiger partial charge in [-0.2, -0.15) is 0 Å².